The molecule has 3 heterocycles. The average molecular weight is 372 g/mol. The maximum atomic E-state index is 6.22. The molecule has 0 fully saturated rings. The fourth-order valence-electron chi connectivity index (χ4n) is 4.24. The van der Waals surface area contributed by atoms with E-state index in [0.717, 1.165) is 36.0 Å². The molecule has 142 valence electrons. The summed E-state index contributed by atoms with van der Waals surface area (Å²) in [5.41, 5.74) is 7.48. The number of rotatable bonds is 5. The number of fused-ring (bicyclic) bond motifs is 5. The predicted octanol–water partition coefficient (Wildman–Crippen LogP) is 5.07. The van der Waals surface area contributed by atoms with Crippen LogP contribution in [0.5, 0.6) is 0 Å². The van der Waals surface area contributed by atoms with Gasteiger partial charge in [0.05, 0.1) is 5.39 Å². The molecule has 1 aliphatic rings. The molecule has 1 aliphatic carbocycles. The summed E-state index contributed by atoms with van der Waals surface area (Å²) >= 11 is 0. The number of aryl methyl sites for hydroxylation is 1. The molecule has 0 radical (unpaired) electrons. The van der Waals surface area contributed by atoms with Gasteiger partial charge < -0.3 is 9.73 Å². The van der Waals surface area contributed by atoms with Gasteiger partial charge in [0, 0.05) is 12.2 Å². The molecule has 0 aliphatic heterocycles. The molecule has 5 heteroatoms. The molecular weight excluding hydrogens is 348 g/mol. The third-order valence-corrected chi connectivity index (χ3v) is 5.46. The van der Waals surface area contributed by atoms with Crippen molar-refractivity contribution in [2.24, 2.45) is 5.92 Å². The number of benzene rings is 1. The van der Waals surface area contributed by atoms with Crippen molar-refractivity contribution in [1.82, 2.24) is 15.0 Å². The molecule has 1 N–H and O–H groups in total. The Bertz CT molecular complexity index is 1150. The first-order chi connectivity index (χ1) is 13.7. The van der Waals surface area contributed by atoms with Gasteiger partial charge in [-0.05, 0) is 48.3 Å². The number of nitrogens with zero attached hydrogens (tertiary/aromatic N) is 3. The first kappa shape index (κ1) is 17.2. The highest BCUT2D eigenvalue weighted by molar-refractivity contribution is 6.06. The number of hydrogen-bond acceptors (Lipinski definition) is 5. The Hall–Kier alpha value is -2.95. The molecule has 0 spiro atoms. The summed E-state index contributed by atoms with van der Waals surface area (Å²) in [6, 6.07) is 10.3. The lowest BCUT2D eigenvalue weighted by atomic mass is 9.99. The van der Waals surface area contributed by atoms with Gasteiger partial charge in [-0.2, -0.15) is 0 Å². The lowest BCUT2D eigenvalue weighted by molar-refractivity contribution is 0.616. The smallest absolute Gasteiger partial charge is 0.229 e. The summed E-state index contributed by atoms with van der Waals surface area (Å²) in [5.74, 6) is 1.30. The van der Waals surface area contributed by atoms with Crippen molar-refractivity contribution in [2.45, 2.75) is 46.1 Å². The molecule has 0 saturated carbocycles. The Morgan fingerprint density at radius 3 is 2.71 bits per heavy atom. The Balaban J connectivity index is 1.62. The van der Waals surface area contributed by atoms with Crippen LogP contribution in [0.3, 0.4) is 0 Å². The van der Waals surface area contributed by atoms with E-state index in [0.29, 0.717) is 23.8 Å². The molecule has 4 aromatic rings. The minimum atomic E-state index is 0.571. The number of furan rings is 1. The summed E-state index contributed by atoms with van der Waals surface area (Å²) < 4.78 is 6.22. The number of nitrogens with one attached hydrogen (secondary N) is 1. The molecular formula is C23H24N4O. The van der Waals surface area contributed by atoms with E-state index in [-0.39, 0.29) is 0 Å². The van der Waals surface area contributed by atoms with Crippen LogP contribution in [0.25, 0.3) is 22.2 Å². The van der Waals surface area contributed by atoms with E-state index in [4.69, 9.17) is 9.40 Å². The van der Waals surface area contributed by atoms with Gasteiger partial charge in [0.15, 0.2) is 11.4 Å². The number of aromatic nitrogens is 3. The zero-order valence-electron chi connectivity index (χ0n) is 16.3. The molecule has 5 rings (SSSR count). The van der Waals surface area contributed by atoms with Crippen molar-refractivity contribution in [1.29, 1.82) is 0 Å². The largest absolute Gasteiger partial charge is 0.432 e. The maximum absolute atomic E-state index is 6.22. The van der Waals surface area contributed by atoms with Crippen molar-refractivity contribution in [3.8, 4) is 0 Å². The molecule has 0 amide bonds. The van der Waals surface area contributed by atoms with Crippen LogP contribution in [0.15, 0.2) is 41.1 Å². The lowest BCUT2D eigenvalue weighted by Gasteiger charge is -2.10. The van der Waals surface area contributed by atoms with Gasteiger partial charge in [0.25, 0.3) is 0 Å². The van der Waals surface area contributed by atoms with Crippen LogP contribution in [0, 0.1) is 5.92 Å². The summed E-state index contributed by atoms with van der Waals surface area (Å²) in [6.07, 6.45) is 5.97. The second-order valence-corrected chi connectivity index (χ2v) is 7.99. The zero-order chi connectivity index (χ0) is 19.1. The normalized spacial score (nSPS) is 13.5. The van der Waals surface area contributed by atoms with Crippen molar-refractivity contribution in [3.05, 3.63) is 59.0 Å². The second kappa shape index (κ2) is 6.89. The highest BCUT2D eigenvalue weighted by atomic mass is 16.3. The summed E-state index contributed by atoms with van der Waals surface area (Å²) in [5, 5.41) is 4.49. The first-order valence-corrected chi connectivity index (χ1v) is 10.1. The van der Waals surface area contributed by atoms with E-state index < -0.39 is 0 Å². The van der Waals surface area contributed by atoms with Crippen molar-refractivity contribution in [3.63, 3.8) is 0 Å². The fraction of sp³-hybridized carbons (Fsp3) is 0.348. The van der Waals surface area contributed by atoms with Gasteiger partial charge in [-0.15, -0.1) is 0 Å². The van der Waals surface area contributed by atoms with E-state index in [1.165, 1.54) is 28.8 Å². The van der Waals surface area contributed by atoms with Crippen LogP contribution >= 0.6 is 0 Å². The van der Waals surface area contributed by atoms with Gasteiger partial charge >= 0.3 is 0 Å². The Morgan fingerprint density at radius 2 is 1.89 bits per heavy atom. The molecule has 1 aromatic carbocycles. The van der Waals surface area contributed by atoms with Gasteiger partial charge in [0.1, 0.15) is 11.8 Å². The third-order valence-electron chi connectivity index (χ3n) is 5.46. The van der Waals surface area contributed by atoms with Gasteiger partial charge in [-0.1, -0.05) is 44.2 Å². The second-order valence-electron chi connectivity index (χ2n) is 7.99. The van der Waals surface area contributed by atoms with Gasteiger partial charge in [0.2, 0.25) is 5.71 Å². The number of hydrogen-bond donors (Lipinski definition) is 1. The van der Waals surface area contributed by atoms with Crippen LogP contribution in [0.2, 0.25) is 0 Å². The van der Waals surface area contributed by atoms with E-state index in [1.807, 2.05) is 18.2 Å². The summed E-state index contributed by atoms with van der Waals surface area (Å²) in [6.45, 7) is 5.17. The van der Waals surface area contributed by atoms with Gasteiger partial charge in [-0.3, -0.25) is 0 Å². The Morgan fingerprint density at radius 1 is 1.07 bits per heavy atom. The maximum Gasteiger partial charge on any atom is 0.229 e. The number of pyridine rings is 1. The molecule has 3 aromatic heterocycles. The SMILES string of the molecule is CC(C)Cc1nc2oc3c(NCc4ccccc4)ncnc3c2c2c1CCC2. The monoisotopic (exact) mass is 372 g/mol. The quantitative estimate of drug-likeness (QED) is 0.530. The summed E-state index contributed by atoms with van der Waals surface area (Å²) in [4.78, 5) is 13.9. The minimum absolute atomic E-state index is 0.571. The highest BCUT2D eigenvalue weighted by Gasteiger charge is 2.25. The minimum Gasteiger partial charge on any atom is -0.432 e. The molecule has 28 heavy (non-hydrogen) atoms. The van der Waals surface area contributed by atoms with E-state index >= 15 is 0 Å². The van der Waals surface area contributed by atoms with Gasteiger partial charge in [-0.25, -0.2) is 15.0 Å². The molecule has 0 bridgehead atoms. The Labute approximate surface area is 164 Å². The van der Waals surface area contributed by atoms with Crippen LogP contribution in [0.4, 0.5) is 5.82 Å². The third kappa shape index (κ3) is 2.91. The molecule has 0 unspecified atom stereocenters. The van der Waals surface area contributed by atoms with Crippen molar-refractivity contribution < 1.29 is 4.42 Å². The van der Waals surface area contributed by atoms with Crippen LogP contribution < -0.4 is 5.32 Å². The molecule has 0 atom stereocenters. The average Bonchev–Trinajstić information content (AvgIpc) is 3.31. The van der Waals surface area contributed by atoms with Crippen LogP contribution in [0.1, 0.15) is 42.7 Å². The molecule has 0 saturated heterocycles. The fourth-order valence-corrected chi connectivity index (χ4v) is 4.24. The van der Waals surface area contributed by atoms with Crippen LogP contribution in [-0.2, 0) is 25.8 Å². The topological polar surface area (TPSA) is 63.8 Å². The van der Waals surface area contributed by atoms with E-state index in [1.54, 1.807) is 6.33 Å². The zero-order valence-corrected chi connectivity index (χ0v) is 16.3. The number of anilines is 1. The Kier molecular flexibility index (Phi) is 4.23. The van der Waals surface area contributed by atoms with E-state index in [2.05, 4.69) is 41.3 Å². The lowest BCUT2D eigenvalue weighted by Crippen LogP contribution is -2.03. The van der Waals surface area contributed by atoms with Crippen molar-refractivity contribution in [2.75, 3.05) is 5.32 Å². The standard InChI is InChI=1S/C23H24N4O/c1-14(2)11-18-16-9-6-10-17(16)19-20-21(28-23(19)27-18)22(26-13-25-20)24-12-15-7-4-3-5-8-15/h3-5,7-8,13-14H,6,9-12H2,1-2H3,(H,24,25,26). The highest BCUT2D eigenvalue weighted by Crippen LogP contribution is 2.38. The summed E-state index contributed by atoms with van der Waals surface area (Å²) in [7, 11) is 0. The van der Waals surface area contributed by atoms with Crippen LogP contribution in [-0.4, -0.2) is 15.0 Å². The van der Waals surface area contributed by atoms with E-state index in [9.17, 15) is 0 Å². The van der Waals surface area contributed by atoms with Crippen molar-refractivity contribution >= 4 is 28.0 Å². The first-order valence-electron chi connectivity index (χ1n) is 10.1. The predicted molar refractivity (Wildman–Crippen MR) is 111 cm³/mol. The molecule has 5 nitrogen and oxygen atoms in total.